The van der Waals surface area contributed by atoms with E-state index in [4.69, 9.17) is 17.0 Å². The molecule has 148 valence electrons. The summed E-state index contributed by atoms with van der Waals surface area (Å²) in [6.45, 7) is 4.37. The van der Waals surface area contributed by atoms with Gasteiger partial charge in [0.25, 0.3) is 0 Å². The molecule has 0 fully saturated rings. The number of aryl methyl sites for hydroxylation is 2. The van der Waals surface area contributed by atoms with Gasteiger partial charge in [-0.15, -0.1) is 0 Å². The predicted octanol–water partition coefficient (Wildman–Crippen LogP) is 4.67. The first-order valence-electron chi connectivity index (χ1n) is 8.13. The van der Waals surface area contributed by atoms with Crippen molar-refractivity contribution in [3.63, 3.8) is 0 Å². The Morgan fingerprint density at radius 1 is 1.33 bits per heavy atom. The van der Waals surface area contributed by atoms with Crippen LogP contribution in [-0.4, -0.2) is 28.5 Å². The van der Waals surface area contributed by atoms with Gasteiger partial charge in [0.05, 0.1) is 23.0 Å². The number of methoxy groups -OCH3 is 1. The number of nitrogens with zero attached hydrogens (tertiary/aromatic N) is 2. The van der Waals surface area contributed by atoms with Crippen LogP contribution in [0.3, 0.4) is 0 Å². The zero-order valence-corrected chi connectivity index (χ0v) is 17.5. The highest BCUT2D eigenvalue weighted by atomic mass is 79.9. The normalized spacial score (nSPS) is 11.4. The van der Waals surface area contributed by atoms with Gasteiger partial charge in [-0.1, -0.05) is 6.07 Å². The first-order chi connectivity index (χ1) is 12.6. The summed E-state index contributed by atoms with van der Waals surface area (Å²) >= 11 is 8.22. The lowest BCUT2D eigenvalue weighted by atomic mass is 10.2. The van der Waals surface area contributed by atoms with E-state index in [-0.39, 0.29) is 4.47 Å². The van der Waals surface area contributed by atoms with E-state index in [1.807, 2.05) is 25.1 Å². The van der Waals surface area contributed by atoms with Gasteiger partial charge in [0.1, 0.15) is 5.75 Å². The van der Waals surface area contributed by atoms with Gasteiger partial charge in [0.15, 0.2) is 10.8 Å². The minimum Gasteiger partial charge on any atom is -0.495 e. The Hall–Kier alpha value is -1.81. The number of thiocarbonyl (C=S) groups is 1. The zero-order valence-electron chi connectivity index (χ0n) is 15.1. The van der Waals surface area contributed by atoms with Crippen molar-refractivity contribution < 1.29 is 17.9 Å². The van der Waals surface area contributed by atoms with E-state index in [9.17, 15) is 13.2 Å². The molecule has 1 aromatic carbocycles. The quantitative estimate of drug-likeness (QED) is 0.480. The number of halogens is 4. The number of ether oxygens (including phenoxy) is 1. The molecule has 1 aromatic heterocycles. The van der Waals surface area contributed by atoms with Crippen molar-refractivity contribution in [3.8, 4) is 5.75 Å². The van der Waals surface area contributed by atoms with Crippen LogP contribution in [0.1, 0.15) is 23.4 Å². The van der Waals surface area contributed by atoms with Gasteiger partial charge in [0.2, 0.25) is 0 Å². The lowest BCUT2D eigenvalue weighted by Gasteiger charge is -2.14. The van der Waals surface area contributed by atoms with E-state index in [0.717, 1.165) is 11.3 Å². The fraction of sp³-hybridized carbons (Fsp3) is 0.412. The Kier molecular flexibility index (Phi) is 7.10. The highest BCUT2D eigenvalue weighted by molar-refractivity contribution is 9.10. The number of benzene rings is 1. The molecule has 0 amide bonds. The molecule has 0 radical (unpaired) electrons. The van der Waals surface area contributed by atoms with E-state index in [1.54, 1.807) is 14.0 Å². The number of nitrogens with one attached hydrogen (secondary N) is 2. The number of anilines is 1. The molecule has 0 bridgehead atoms. The minimum absolute atomic E-state index is 0.0216. The second kappa shape index (κ2) is 8.92. The standard InChI is InChI=1S/C17H20BrF3N4OS/c1-10-5-6-13(26-3)12(9-10)23-16(27)22-7-4-8-25-11(2)14(18)15(24-25)17(19,20)21/h5-6,9H,4,7-8H2,1-3H3,(H2,22,23,27). The fourth-order valence-electron chi connectivity index (χ4n) is 2.44. The molecular formula is C17H20BrF3N4OS. The summed E-state index contributed by atoms with van der Waals surface area (Å²) < 4.78 is 45.2. The molecule has 10 heteroatoms. The summed E-state index contributed by atoms with van der Waals surface area (Å²) in [5, 5.41) is 10.2. The van der Waals surface area contributed by atoms with Gasteiger partial charge in [-0.25, -0.2) is 0 Å². The van der Waals surface area contributed by atoms with Crippen LogP contribution in [0.4, 0.5) is 18.9 Å². The zero-order chi connectivity index (χ0) is 20.2. The average Bonchev–Trinajstić information content (AvgIpc) is 2.87. The van der Waals surface area contributed by atoms with E-state index in [1.165, 1.54) is 4.68 Å². The van der Waals surface area contributed by atoms with Crippen molar-refractivity contribution in [1.82, 2.24) is 15.1 Å². The number of aromatic nitrogens is 2. The summed E-state index contributed by atoms with van der Waals surface area (Å²) in [5.74, 6) is 0.668. The highest BCUT2D eigenvalue weighted by Gasteiger charge is 2.37. The molecule has 5 nitrogen and oxygen atoms in total. The minimum atomic E-state index is -4.48. The van der Waals surface area contributed by atoms with E-state index < -0.39 is 11.9 Å². The smallest absolute Gasteiger partial charge is 0.436 e. The van der Waals surface area contributed by atoms with Crippen molar-refractivity contribution in [3.05, 3.63) is 39.6 Å². The first-order valence-corrected chi connectivity index (χ1v) is 9.33. The number of rotatable bonds is 6. The monoisotopic (exact) mass is 464 g/mol. The number of alkyl halides is 3. The summed E-state index contributed by atoms with van der Waals surface area (Å²) in [4.78, 5) is 0. The van der Waals surface area contributed by atoms with E-state index in [2.05, 4.69) is 31.7 Å². The fourth-order valence-corrected chi connectivity index (χ4v) is 3.16. The van der Waals surface area contributed by atoms with Crippen LogP contribution in [0.2, 0.25) is 0 Å². The van der Waals surface area contributed by atoms with Crippen LogP contribution >= 0.6 is 28.1 Å². The van der Waals surface area contributed by atoms with Crippen LogP contribution in [0.25, 0.3) is 0 Å². The van der Waals surface area contributed by atoms with Crippen LogP contribution in [0, 0.1) is 13.8 Å². The molecule has 0 saturated carbocycles. The molecule has 2 rings (SSSR count). The highest BCUT2D eigenvalue weighted by Crippen LogP contribution is 2.35. The van der Waals surface area contributed by atoms with E-state index >= 15 is 0 Å². The topological polar surface area (TPSA) is 51.1 Å². The lowest BCUT2D eigenvalue weighted by molar-refractivity contribution is -0.142. The summed E-state index contributed by atoms with van der Waals surface area (Å²) in [6, 6.07) is 5.69. The number of hydrogen-bond acceptors (Lipinski definition) is 3. The van der Waals surface area contributed by atoms with Gasteiger partial charge in [-0.2, -0.15) is 18.3 Å². The summed E-state index contributed by atoms with van der Waals surface area (Å²) in [7, 11) is 1.58. The molecule has 0 aliphatic rings. The van der Waals surface area contributed by atoms with Crippen molar-refractivity contribution in [2.75, 3.05) is 19.0 Å². The molecule has 0 saturated heterocycles. The van der Waals surface area contributed by atoms with Crippen molar-refractivity contribution >= 4 is 38.9 Å². The molecule has 0 aliphatic heterocycles. The SMILES string of the molecule is COc1ccc(C)cc1NC(=S)NCCCn1nc(C(F)(F)F)c(Br)c1C. The lowest BCUT2D eigenvalue weighted by Crippen LogP contribution is -2.30. The summed E-state index contributed by atoms with van der Waals surface area (Å²) in [5.41, 5.74) is 1.34. The van der Waals surface area contributed by atoms with Crippen LogP contribution in [-0.2, 0) is 12.7 Å². The third-order valence-corrected chi connectivity index (χ3v) is 5.03. The average molecular weight is 465 g/mol. The Morgan fingerprint density at radius 2 is 2.04 bits per heavy atom. The molecule has 27 heavy (non-hydrogen) atoms. The second-order valence-corrected chi connectivity index (χ2v) is 7.11. The van der Waals surface area contributed by atoms with Gasteiger partial charge in [-0.05, 0) is 66.1 Å². The maximum absolute atomic E-state index is 12.9. The first kappa shape index (κ1) is 21.5. The molecule has 0 aliphatic carbocycles. The van der Waals surface area contributed by atoms with Crippen LogP contribution in [0.5, 0.6) is 5.75 Å². The Morgan fingerprint density at radius 3 is 2.63 bits per heavy atom. The Balaban J connectivity index is 1.87. The van der Waals surface area contributed by atoms with Gasteiger partial charge in [-0.3, -0.25) is 4.68 Å². The maximum Gasteiger partial charge on any atom is 0.436 e. The molecule has 1 heterocycles. The molecule has 0 unspecified atom stereocenters. The van der Waals surface area contributed by atoms with Gasteiger partial charge < -0.3 is 15.4 Å². The van der Waals surface area contributed by atoms with Gasteiger partial charge >= 0.3 is 6.18 Å². The largest absolute Gasteiger partial charge is 0.495 e. The third kappa shape index (κ3) is 5.58. The predicted molar refractivity (Wildman–Crippen MR) is 106 cm³/mol. The van der Waals surface area contributed by atoms with Crippen molar-refractivity contribution in [1.29, 1.82) is 0 Å². The molecule has 0 atom stereocenters. The maximum atomic E-state index is 12.9. The molecular weight excluding hydrogens is 445 g/mol. The van der Waals surface area contributed by atoms with Crippen molar-refractivity contribution in [2.45, 2.75) is 33.0 Å². The second-order valence-electron chi connectivity index (χ2n) is 5.91. The Bertz CT molecular complexity index is 823. The van der Waals surface area contributed by atoms with Crippen molar-refractivity contribution in [2.24, 2.45) is 0 Å². The van der Waals surface area contributed by atoms with E-state index in [0.29, 0.717) is 36.1 Å². The third-order valence-electron chi connectivity index (χ3n) is 3.84. The molecule has 0 spiro atoms. The number of hydrogen-bond donors (Lipinski definition) is 2. The van der Waals surface area contributed by atoms with Crippen LogP contribution < -0.4 is 15.4 Å². The van der Waals surface area contributed by atoms with Crippen LogP contribution in [0.15, 0.2) is 22.7 Å². The summed E-state index contributed by atoms with van der Waals surface area (Å²) in [6.07, 6.45) is -3.93. The molecule has 2 N–H and O–H groups in total. The van der Waals surface area contributed by atoms with Gasteiger partial charge in [0, 0.05) is 13.1 Å². The Labute approximate surface area is 169 Å². The molecule has 2 aromatic rings.